The van der Waals surface area contributed by atoms with E-state index in [1.165, 1.54) is 42.5 Å². The highest BCUT2D eigenvalue weighted by Gasteiger charge is 2.31. The van der Waals surface area contributed by atoms with Gasteiger partial charge >= 0.3 is 6.36 Å². The number of nitrogens with zero attached hydrogens (tertiary/aromatic N) is 1. The number of hydrogen-bond donors (Lipinski definition) is 3. The van der Waals surface area contributed by atoms with E-state index >= 15 is 0 Å². The van der Waals surface area contributed by atoms with Crippen LogP contribution in [0.15, 0.2) is 66.7 Å². The second-order valence-corrected chi connectivity index (χ2v) is 10.4. The zero-order chi connectivity index (χ0) is 32.2. The number of halogens is 6. The maximum absolute atomic E-state index is 13.5. The monoisotopic (exact) mass is 636 g/mol. The molecule has 3 amide bonds. The van der Waals surface area contributed by atoms with Crippen LogP contribution < -0.4 is 20.7 Å². The normalized spacial score (nSPS) is 11.6. The maximum Gasteiger partial charge on any atom is 0.573 e. The quantitative estimate of drug-likeness (QED) is 0.160. The zero-order valence-corrected chi connectivity index (χ0v) is 24.0. The van der Waals surface area contributed by atoms with Gasteiger partial charge in [-0.2, -0.15) is 0 Å². The largest absolute Gasteiger partial charge is 0.573 e. The lowest BCUT2D eigenvalue weighted by atomic mass is 10.1. The summed E-state index contributed by atoms with van der Waals surface area (Å²) in [5.41, 5.74) is 1.32. The van der Waals surface area contributed by atoms with Crippen molar-refractivity contribution in [2.75, 3.05) is 10.6 Å². The molecule has 0 radical (unpaired) electrons. The van der Waals surface area contributed by atoms with E-state index in [9.17, 15) is 36.3 Å². The van der Waals surface area contributed by atoms with Gasteiger partial charge in [-0.05, 0) is 66.2 Å². The number of benzene rings is 3. The molecule has 8 nitrogen and oxygen atoms in total. The summed E-state index contributed by atoms with van der Waals surface area (Å²) < 4.78 is 69.1. The lowest BCUT2D eigenvalue weighted by Crippen LogP contribution is -2.27. The van der Waals surface area contributed by atoms with Crippen LogP contribution in [-0.4, -0.2) is 35.1 Å². The van der Waals surface area contributed by atoms with Crippen molar-refractivity contribution in [3.63, 3.8) is 0 Å². The van der Waals surface area contributed by atoms with Crippen LogP contribution in [0.25, 0.3) is 10.9 Å². The number of fused-ring (bicyclic) bond motifs is 1. The molecule has 0 saturated carbocycles. The first kappa shape index (κ1) is 32.3. The van der Waals surface area contributed by atoms with Crippen molar-refractivity contribution in [1.82, 2.24) is 9.88 Å². The number of carbonyl (C=O) groups excluding carboxylic acids is 3. The molecule has 0 unspecified atom stereocenters. The van der Waals surface area contributed by atoms with Crippen molar-refractivity contribution in [3.05, 3.63) is 88.6 Å². The number of carbonyl (C=O) groups is 3. The molecule has 3 N–H and O–H groups in total. The van der Waals surface area contributed by atoms with Gasteiger partial charge in [0.2, 0.25) is 5.91 Å². The highest BCUT2D eigenvalue weighted by molar-refractivity contribution is 6.34. The Morgan fingerprint density at radius 2 is 1.55 bits per heavy atom. The summed E-state index contributed by atoms with van der Waals surface area (Å²) in [4.78, 5) is 38.0. The van der Waals surface area contributed by atoms with E-state index in [1.807, 2.05) is 0 Å². The molecule has 232 valence electrons. The van der Waals surface area contributed by atoms with Crippen molar-refractivity contribution in [2.45, 2.75) is 39.7 Å². The maximum atomic E-state index is 13.5. The first-order valence-corrected chi connectivity index (χ1v) is 13.5. The van der Waals surface area contributed by atoms with Gasteiger partial charge in [0.15, 0.2) is 0 Å². The van der Waals surface area contributed by atoms with Crippen LogP contribution in [0.5, 0.6) is 5.75 Å². The zero-order valence-electron chi connectivity index (χ0n) is 23.3. The smallest absolute Gasteiger partial charge is 0.406 e. The van der Waals surface area contributed by atoms with E-state index < -0.39 is 36.9 Å². The Labute approximate surface area is 253 Å². The predicted molar refractivity (Wildman–Crippen MR) is 155 cm³/mol. The molecule has 0 aliphatic carbocycles. The first-order chi connectivity index (χ1) is 20.7. The molecular weight excluding hydrogens is 611 g/mol. The number of rotatable bonds is 10. The molecule has 4 rings (SSSR count). The van der Waals surface area contributed by atoms with Gasteiger partial charge in [-0.3, -0.25) is 14.4 Å². The van der Waals surface area contributed by atoms with Gasteiger partial charge in [0.05, 0.1) is 17.1 Å². The van der Waals surface area contributed by atoms with Gasteiger partial charge < -0.3 is 25.3 Å². The number of anilines is 2. The molecule has 0 saturated heterocycles. The molecule has 0 spiro atoms. The number of alkyl halides is 5. The fourth-order valence-electron chi connectivity index (χ4n) is 4.25. The molecule has 0 bridgehead atoms. The Hall–Kier alpha value is -4.65. The Morgan fingerprint density at radius 1 is 0.886 bits per heavy atom. The molecule has 14 heteroatoms. The fraction of sp³-hybridized carbons (Fsp3) is 0.233. The number of nitrogens with one attached hydrogen (secondary N) is 3. The summed E-state index contributed by atoms with van der Waals surface area (Å²) in [5, 5.41) is 8.46. The van der Waals surface area contributed by atoms with Crippen molar-refractivity contribution in [2.24, 2.45) is 5.92 Å². The van der Waals surface area contributed by atoms with Gasteiger partial charge in [-0.1, -0.05) is 31.5 Å². The molecule has 1 heterocycles. The highest BCUT2D eigenvalue weighted by atomic mass is 35.5. The Morgan fingerprint density at radius 3 is 2.18 bits per heavy atom. The minimum Gasteiger partial charge on any atom is -0.406 e. The van der Waals surface area contributed by atoms with Gasteiger partial charge in [-0.15, -0.1) is 13.2 Å². The van der Waals surface area contributed by atoms with Crippen LogP contribution in [0, 0.1) is 5.92 Å². The van der Waals surface area contributed by atoms with E-state index in [1.54, 1.807) is 26.0 Å². The Balaban J connectivity index is 1.55. The van der Waals surface area contributed by atoms with Crippen LogP contribution in [0.2, 0.25) is 5.02 Å². The van der Waals surface area contributed by atoms with Crippen molar-refractivity contribution in [3.8, 4) is 5.75 Å². The topological polar surface area (TPSA) is 101 Å². The lowest BCUT2D eigenvalue weighted by Gasteiger charge is -2.12. The van der Waals surface area contributed by atoms with Crippen LogP contribution >= 0.6 is 11.6 Å². The molecule has 0 fully saturated rings. The van der Waals surface area contributed by atoms with E-state index in [0.29, 0.717) is 16.6 Å². The average molecular weight is 637 g/mol. The van der Waals surface area contributed by atoms with Gasteiger partial charge in [0, 0.05) is 34.7 Å². The van der Waals surface area contributed by atoms with Crippen LogP contribution in [0.1, 0.15) is 40.3 Å². The molecule has 3 aromatic carbocycles. The van der Waals surface area contributed by atoms with Crippen LogP contribution in [0.3, 0.4) is 0 Å². The number of hydrogen-bond acceptors (Lipinski definition) is 4. The number of amides is 3. The standard InChI is InChI=1S/C30H26ClF5N4O4/c1-16(2)27(41)37-14-17-3-9-23(31)22(11-17)28(42)39-20-6-10-24-18(12-20)13-25(40(24)15-26(32)33)29(43)38-19-4-7-21(8-5-19)44-30(34,35)36/h3-13,16,26H,14-15H2,1-2H3,(H,37,41)(H,38,43)(H,39,42). The van der Waals surface area contributed by atoms with E-state index in [0.717, 1.165) is 16.7 Å². The van der Waals surface area contributed by atoms with E-state index in [2.05, 4.69) is 20.7 Å². The average Bonchev–Trinajstić information content (AvgIpc) is 3.29. The van der Waals surface area contributed by atoms with Crippen molar-refractivity contribution < 1.29 is 41.1 Å². The molecule has 0 atom stereocenters. The minimum atomic E-state index is -4.89. The Bertz CT molecular complexity index is 1690. The predicted octanol–water partition coefficient (Wildman–Crippen LogP) is 7.24. The van der Waals surface area contributed by atoms with Crippen LogP contribution in [-0.2, 0) is 17.9 Å². The lowest BCUT2D eigenvalue weighted by molar-refractivity contribution is -0.274. The van der Waals surface area contributed by atoms with Crippen molar-refractivity contribution in [1.29, 1.82) is 0 Å². The molecule has 1 aromatic heterocycles. The first-order valence-electron chi connectivity index (χ1n) is 13.2. The summed E-state index contributed by atoms with van der Waals surface area (Å²) in [6, 6.07) is 14.9. The van der Waals surface area contributed by atoms with Gasteiger partial charge in [0.1, 0.15) is 11.4 Å². The molecule has 0 aliphatic rings. The van der Waals surface area contributed by atoms with Gasteiger partial charge in [-0.25, -0.2) is 8.78 Å². The summed E-state index contributed by atoms with van der Waals surface area (Å²) in [6.07, 6.45) is -7.70. The SMILES string of the molecule is CC(C)C(=O)NCc1ccc(Cl)c(C(=O)Nc2ccc3c(c2)cc(C(=O)Nc2ccc(OC(F)(F)F)cc2)n3CC(F)F)c1. The minimum absolute atomic E-state index is 0.106. The number of ether oxygens (including phenoxy) is 1. The summed E-state index contributed by atoms with van der Waals surface area (Å²) in [7, 11) is 0. The second-order valence-electron chi connectivity index (χ2n) is 9.97. The summed E-state index contributed by atoms with van der Waals surface area (Å²) in [6.45, 7) is 2.88. The van der Waals surface area contributed by atoms with E-state index in [-0.39, 0.29) is 45.9 Å². The molecule has 0 aliphatic heterocycles. The summed E-state index contributed by atoms with van der Waals surface area (Å²) >= 11 is 6.25. The highest BCUT2D eigenvalue weighted by Crippen LogP contribution is 2.28. The summed E-state index contributed by atoms with van der Waals surface area (Å²) in [5.74, 6) is -2.21. The number of aromatic nitrogens is 1. The third kappa shape index (κ3) is 8.25. The molecule has 4 aromatic rings. The molecular formula is C30H26ClF5N4O4. The van der Waals surface area contributed by atoms with Gasteiger partial charge in [0.25, 0.3) is 18.2 Å². The molecule has 44 heavy (non-hydrogen) atoms. The fourth-order valence-corrected chi connectivity index (χ4v) is 4.46. The second kappa shape index (κ2) is 13.3. The van der Waals surface area contributed by atoms with E-state index in [4.69, 9.17) is 11.6 Å². The third-order valence-electron chi connectivity index (χ3n) is 6.32. The van der Waals surface area contributed by atoms with Crippen molar-refractivity contribution >= 4 is 51.6 Å². The van der Waals surface area contributed by atoms with Crippen LogP contribution in [0.4, 0.5) is 33.3 Å². The third-order valence-corrected chi connectivity index (χ3v) is 6.65. The Kier molecular flexibility index (Phi) is 9.78.